The number of sulfone groups is 1. The Balaban J connectivity index is 1.76. The fourth-order valence-electron chi connectivity index (χ4n) is 2.88. The first kappa shape index (κ1) is 17.2. The number of rotatable bonds is 4. The van der Waals surface area contributed by atoms with E-state index in [4.69, 9.17) is 0 Å². The molecule has 2 aromatic heterocycles. The molecule has 2 heterocycles. The fraction of sp³-hybridized carbons (Fsp3) is 0.105. The van der Waals surface area contributed by atoms with Crippen molar-refractivity contribution in [3.05, 3.63) is 83.0 Å². The molecule has 0 aliphatic rings. The highest BCUT2D eigenvalue weighted by Gasteiger charge is 2.18. The molecule has 0 amide bonds. The van der Waals surface area contributed by atoms with Crippen molar-refractivity contribution >= 4 is 20.6 Å². The Morgan fingerprint density at radius 3 is 2.48 bits per heavy atom. The van der Waals surface area contributed by atoms with Crippen molar-refractivity contribution in [1.29, 1.82) is 0 Å². The molecular formula is C19H16N4O3S. The van der Waals surface area contributed by atoms with Crippen molar-refractivity contribution in [3.8, 4) is 0 Å². The monoisotopic (exact) mass is 380 g/mol. The Labute approximate surface area is 155 Å². The van der Waals surface area contributed by atoms with E-state index in [0.717, 1.165) is 5.69 Å². The number of aryl methyl sites for hydroxylation is 1. The molecule has 136 valence electrons. The molecule has 0 spiro atoms. The van der Waals surface area contributed by atoms with Crippen LogP contribution in [0, 0.1) is 0 Å². The van der Waals surface area contributed by atoms with Gasteiger partial charge in [0.05, 0.1) is 33.6 Å². The minimum Gasteiger partial charge on any atom is -0.275 e. The predicted molar refractivity (Wildman–Crippen MR) is 100 cm³/mol. The van der Waals surface area contributed by atoms with Crippen LogP contribution in [0.1, 0.15) is 5.69 Å². The highest BCUT2D eigenvalue weighted by molar-refractivity contribution is 7.91. The zero-order valence-electron chi connectivity index (χ0n) is 14.5. The molecule has 0 saturated carbocycles. The molecule has 0 fully saturated rings. The van der Waals surface area contributed by atoms with E-state index < -0.39 is 9.84 Å². The maximum atomic E-state index is 12.8. The Hall–Kier alpha value is -3.26. The van der Waals surface area contributed by atoms with Crippen LogP contribution in [0.25, 0.3) is 10.8 Å². The number of hydrogen-bond donors (Lipinski definition) is 0. The lowest BCUT2D eigenvalue weighted by Gasteiger charge is -2.07. The standard InChI is InChI=1S/C19H16N4O3S/c1-22-10-9-15(21-22)13-23-19(24)18-8-7-17(11-14(18)12-20-23)27(25,26)16-5-3-2-4-6-16/h2-12H,13H2,1H3. The van der Waals surface area contributed by atoms with Gasteiger partial charge in [0, 0.05) is 18.6 Å². The zero-order valence-corrected chi connectivity index (χ0v) is 15.3. The molecule has 7 nitrogen and oxygen atoms in total. The number of benzene rings is 2. The third kappa shape index (κ3) is 3.15. The lowest BCUT2D eigenvalue weighted by Crippen LogP contribution is -2.23. The van der Waals surface area contributed by atoms with Crippen LogP contribution in [0.3, 0.4) is 0 Å². The van der Waals surface area contributed by atoms with Gasteiger partial charge in [0.25, 0.3) is 5.56 Å². The Bertz CT molecular complexity index is 1290. The second-order valence-electron chi connectivity index (χ2n) is 6.15. The molecule has 4 aromatic rings. The van der Waals surface area contributed by atoms with Crippen LogP contribution in [0.2, 0.25) is 0 Å². The van der Waals surface area contributed by atoms with Crippen LogP contribution < -0.4 is 5.56 Å². The van der Waals surface area contributed by atoms with Crippen LogP contribution in [0.4, 0.5) is 0 Å². The highest BCUT2D eigenvalue weighted by atomic mass is 32.2. The van der Waals surface area contributed by atoms with E-state index in [9.17, 15) is 13.2 Å². The molecule has 2 aromatic carbocycles. The molecule has 0 radical (unpaired) electrons. The van der Waals surface area contributed by atoms with Crippen molar-refractivity contribution in [2.75, 3.05) is 0 Å². The summed E-state index contributed by atoms with van der Waals surface area (Å²) in [4.78, 5) is 13.0. The summed E-state index contributed by atoms with van der Waals surface area (Å²) in [6.45, 7) is 0.250. The van der Waals surface area contributed by atoms with Gasteiger partial charge in [-0.25, -0.2) is 13.1 Å². The predicted octanol–water partition coefficient (Wildman–Crippen LogP) is 2.01. The second-order valence-corrected chi connectivity index (χ2v) is 8.10. The summed E-state index contributed by atoms with van der Waals surface area (Å²) in [7, 11) is -1.85. The molecule has 8 heteroatoms. The smallest absolute Gasteiger partial charge is 0.274 e. The third-order valence-corrected chi connectivity index (χ3v) is 6.04. The van der Waals surface area contributed by atoms with Gasteiger partial charge in [-0.3, -0.25) is 9.48 Å². The van der Waals surface area contributed by atoms with Crippen LogP contribution >= 0.6 is 0 Å². The van der Waals surface area contributed by atoms with Crippen LogP contribution in [-0.4, -0.2) is 28.0 Å². The second kappa shape index (κ2) is 6.48. The minimum absolute atomic E-state index is 0.130. The lowest BCUT2D eigenvalue weighted by molar-refractivity contribution is 0.596. The van der Waals surface area contributed by atoms with Crippen LogP contribution in [0.5, 0.6) is 0 Å². The topological polar surface area (TPSA) is 86.9 Å². The van der Waals surface area contributed by atoms with Crippen LogP contribution in [0.15, 0.2) is 81.6 Å². The summed E-state index contributed by atoms with van der Waals surface area (Å²) < 4.78 is 28.5. The molecule has 27 heavy (non-hydrogen) atoms. The maximum Gasteiger partial charge on any atom is 0.274 e. The molecule has 0 bridgehead atoms. The summed E-state index contributed by atoms with van der Waals surface area (Å²) in [6.07, 6.45) is 3.30. The molecule has 0 atom stereocenters. The molecular weight excluding hydrogens is 364 g/mol. The van der Waals surface area contributed by atoms with Gasteiger partial charge in [0.1, 0.15) is 0 Å². The van der Waals surface area contributed by atoms with Gasteiger partial charge in [-0.05, 0) is 36.4 Å². The number of nitrogens with zero attached hydrogens (tertiary/aromatic N) is 4. The molecule has 0 aliphatic heterocycles. The van der Waals surface area contributed by atoms with Gasteiger partial charge >= 0.3 is 0 Å². The van der Waals surface area contributed by atoms with E-state index in [-0.39, 0.29) is 21.9 Å². The number of fused-ring (bicyclic) bond motifs is 1. The van der Waals surface area contributed by atoms with Crippen LogP contribution in [-0.2, 0) is 23.4 Å². The molecule has 0 N–H and O–H groups in total. The van der Waals surface area contributed by atoms with Crippen molar-refractivity contribution in [2.24, 2.45) is 7.05 Å². The van der Waals surface area contributed by atoms with E-state index in [2.05, 4.69) is 10.2 Å². The van der Waals surface area contributed by atoms with E-state index >= 15 is 0 Å². The lowest BCUT2D eigenvalue weighted by atomic mass is 10.2. The first-order chi connectivity index (χ1) is 12.9. The Kier molecular flexibility index (Phi) is 4.12. The Morgan fingerprint density at radius 2 is 1.78 bits per heavy atom. The van der Waals surface area contributed by atoms with E-state index in [0.29, 0.717) is 10.8 Å². The third-order valence-electron chi connectivity index (χ3n) is 4.27. The summed E-state index contributed by atoms with van der Waals surface area (Å²) in [5, 5.41) is 9.30. The average Bonchev–Trinajstić information content (AvgIpc) is 3.09. The van der Waals surface area contributed by atoms with Crippen molar-refractivity contribution < 1.29 is 8.42 Å². The highest BCUT2D eigenvalue weighted by Crippen LogP contribution is 2.23. The van der Waals surface area contributed by atoms with Crippen molar-refractivity contribution in [2.45, 2.75) is 16.3 Å². The summed E-state index contributed by atoms with van der Waals surface area (Å²) >= 11 is 0. The largest absolute Gasteiger partial charge is 0.275 e. The van der Waals surface area contributed by atoms with Gasteiger partial charge in [-0.1, -0.05) is 18.2 Å². The first-order valence-electron chi connectivity index (χ1n) is 8.24. The normalized spacial score (nSPS) is 11.7. The van der Waals surface area contributed by atoms with E-state index in [1.54, 1.807) is 48.3 Å². The van der Waals surface area contributed by atoms with Crippen molar-refractivity contribution in [3.63, 3.8) is 0 Å². The van der Waals surface area contributed by atoms with Gasteiger partial charge in [0.15, 0.2) is 0 Å². The van der Waals surface area contributed by atoms with Gasteiger partial charge < -0.3 is 0 Å². The first-order valence-corrected chi connectivity index (χ1v) is 9.72. The SMILES string of the molecule is Cn1ccc(Cn2ncc3cc(S(=O)(=O)c4ccccc4)ccc3c2=O)n1. The maximum absolute atomic E-state index is 12.8. The van der Waals surface area contributed by atoms with Gasteiger partial charge in [-0.15, -0.1) is 0 Å². The zero-order chi connectivity index (χ0) is 19.0. The molecule has 0 aliphatic carbocycles. The van der Waals surface area contributed by atoms with Gasteiger partial charge in [0.2, 0.25) is 9.84 Å². The Morgan fingerprint density at radius 1 is 1.00 bits per heavy atom. The number of hydrogen-bond acceptors (Lipinski definition) is 5. The van der Waals surface area contributed by atoms with E-state index in [1.165, 1.54) is 29.1 Å². The number of aromatic nitrogens is 4. The minimum atomic E-state index is -3.65. The summed E-state index contributed by atoms with van der Waals surface area (Å²) in [5.74, 6) is 0. The summed E-state index contributed by atoms with van der Waals surface area (Å²) in [5.41, 5.74) is 0.427. The molecule has 0 saturated heterocycles. The molecule has 0 unspecified atom stereocenters. The molecule has 4 rings (SSSR count). The average molecular weight is 380 g/mol. The van der Waals surface area contributed by atoms with E-state index in [1.807, 2.05) is 6.07 Å². The fourth-order valence-corrected chi connectivity index (χ4v) is 4.20. The van der Waals surface area contributed by atoms with Crippen molar-refractivity contribution in [1.82, 2.24) is 19.6 Å². The quantitative estimate of drug-likeness (QED) is 0.541. The van der Waals surface area contributed by atoms with Gasteiger partial charge in [-0.2, -0.15) is 10.2 Å². The summed E-state index contributed by atoms with van der Waals surface area (Å²) in [6, 6.07) is 14.5.